The van der Waals surface area contributed by atoms with E-state index in [9.17, 15) is 4.79 Å². The molecule has 0 aromatic rings. The molecule has 0 aromatic carbocycles. The quantitative estimate of drug-likeness (QED) is 0.834. The number of amides is 1. The number of piperazine rings is 1. The van der Waals surface area contributed by atoms with Crippen molar-refractivity contribution < 1.29 is 4.79 Å². The molecule has 2 aliphatic rings. The topological polar surface area (TPSA) is 73.4 Å². The lowest BCUT2D eigenvalue weighted by Crippen LogP contribution is -2.60. The summed E-state index contributed by atoms with van der Waals surface area (Å²) in [5.74, 6) is 0.693. The Morgan fingerprint density at radius 2 is 2.10 bits per heavy atom. The molecule has 1 aliphatic heterocycles. The maximum atomic E-state index is 12.7. The van der Waals surface area contributed by atoms with Gasteiger partial charge in [-0.2, -0.15) is 5.26 Å². The summed E-state index contributed by atoms with van der Waals surface area (Å²) in [6, 6.07) is 2.17. The molecule has 2 unspecified atom stereocenters. The summed E-state index contributed by atoms with van der Waals surface area (Å²) in [5.41, 5.74) is 5.76. The van der Waals surface area contributed by atoms with E-state index >= 15 is 0 Å². The van der Waals surface area contributed by atoms with Gasteiger partial charge in [-0.3, -0.25) is 9.69 Å². The first-order chi connectivity index (χ1) is 9.55. The summed E-state index contributed by atoms with van der Waals surface area (Å²) in [7, 11) is 0. The number of nitrogens with two attached hydrogens (primary N) is 1. The molecule has 1 heterocycles. The Balaban J connectivity index is 1.86. The fourth-order valence-electron chi connectivity index (χ4n) is 3.48. The van der Waals surface area contributed by atoms with Gasteiger partial charge in [0.15, 0.2) is 0 Å². The number of rotatable bonds is 3. The number of carbonyl (C=O) groups excluding carboxylic acids is 1. The van der Waals surface area contributed by atoms with Gasteiger partial charge < -0.3 is 10.6 Å². The molecule has 2 fully saturated rings. The second-order valence-corrected chi connectivity index (χ2v) is 6.40. The molecule has 5 nitrogen and oxygen atoms in total. The van der Waals surface area contributed by atoms with Crippen molar-refractivity contribution in [3.05, 3.63) is 0 Å². The van der Waals surface area contributed by atoms with Gasteiger partial charge >= 0.3 is 0 Å². The summed E-state index contributed by atoms with van der Waals surface area (Å²) in [4.78, 5) is 16.9. The van der Waals surface area contributed by atoms with Gasteiger partial charge in [0.1, 0.15) is 0 Å². The fraction of sp³-hybridized carbons (Fsp3) is 0.867. The maximum Gasteiger partial charge on any atom is 0.242 e. The van der Waals surface area contributed by atoms with Crippen LogP contribution in [0.15, 0.2) is 0 Å². The Morgan fingerprint density at radius 3 is 2.70 bits per heavy atom. The Bertz CT molecular complexity index is 384. The molecule has 0 spiro atoms. The third kappa shape index (κ3) is 3.50. The normalized spacial score (nSPS) is 31.9. The fourth-order valence-corrected chi connectivity index (χ4v) is 3.48. The van der Waals surface area contributed by atoms with Crippen molar-refractivity contribution in [1.29, 1.82) is 5.26 Å². The van der Waals surface area contributed by atoms with E-state index in [4.69, 9.17) is 11.0 Å². The van der Waals surface area contributed by atoms with Gasteiger partial charge in [0.05, 0.1) is 11.6 Å². The maximum absolute atomic E-state index is 12.7. The number of hydrogen-bond donors (Lipinski definition) is 1. The third-order valence-corrected chi connectivity index (χ3v) is 4.66. The minimum Gasteiger partial charge on any atom is -0.339 e. The average Bonchev–Trinajstić information content (AvgIpc) is 2.44. The highest BCUT2D eigenvalue weighted by Crippen LogP contribution is 2.32. The molecule has 0 bridgehead atoms. The van der Waals surface area contributed by atoms with Crippen molar-refractivity contribution in [3.8, 4) is 6.07 Å². The van der Waals surface area contributed by atoms with Crippen LogP contribution in [-0.2, 0) is 4.79 Å². The zero-order valence-corrected chi connectivity index (χ0v) is 12.5. The van der Waals surface area contributed by atoms with Crippen LogP contribution in [0.1, 0.15) is 39.0 Å². The predicted molar refractivity (Wildman–Crippen MR) is 77.8 cm³/mol. The first-order valence-electron chi connectivity index (χ1n) is 7.73. The van der Waals surface area contributed by atoms with Crippen LogP contribution in [0.4, 0.5) is 0 Å². The predicted octanol–water partition coefficient (Wildman–Crippen LogP) is 0.952. The van der Waals surface area contributed by atoms with Crippen LogP contribution in [0, 0.1) is 17.2 Å². The van der Waals surface area contributed by atoms with Crippen molar-refractivity contribution in [2.45, 2.75) is 44.6 Å². The zero-order chi connectivity index (χ0) is 14.6. The molecule has 1 saturated carbocycles. The zero-order valence-electron chi connectivity index (χ0n) is 12.5. The van der Waals surface area contributed by atoms with Crippen molar-refractivity contribution >= 4 is 5.91 Å². The van der Waals surface area contributed by atoms with Crippen LogP contribution in [-0.4, -0.2) is 54.0 Å². The number of hydrogen-bond acceptors (Lipinski definition) is 4. The molecule has 0 aromatic heterocycles. The van der Waals surface area contributed by atoms with Gasteiger partial charge in [0.2, 0.25) is 5.91 Å². The Morgan fingerprint density at radius 1 is 1.40 bits per heavy atom. The van der Waals surface area contributed by atoms with Crippen LogP contribution < -0.4 is 5.73 Å². The lowest BCUT2D eigenvalue weighted by Gasteiger charge is -2.42. The second-order valence-electron chi connectivity index (χ2n) is 6.40. The number of nitrogens with zero attached hydrogens (tertiary/aromatic N) is 3. The van der Waals surface area contributed by atoms with Crippen LogP contribution >= 0.6 is 0 Å². The molecule has 0 radical (unpaired) electrons. The summed E-state index contributed by atoms with van der Waals surface area (Å²) in [6.45, 7) is 6.21. The van der Waals surface area contributed by atoms with E-state index in [2.05, 4.69) is 17.9 Å². The Labute approximate surface area is 121 Å². The van der Waals surface area contributed by atoms with Gasteiger partial charge in [-0.05, 0) is 18.8 Å². The Hall–Kier alpha value is -1.12. The van der Waals surface area contributed by atoms with E-state index in [0.29, 0.717) is 12.3 Å². The molecule has 5 heteroatoms. The second kappa shape index (κ2) is 6.55. The first kappa shape index (κ1) is 15.3. The van der Waals surface area contributed by atoms with Gasteiger partial charge in [-0.25, -0.2) is 0 Å². The molecule has 2 rings (SSSR count). The molecular formula is C15H26N4O. The highest BCUT2D eigenvalue weighted by atomic mass is 16.2. The largest absolute Gasteiger partial charge is 0.339 e. The molecule has 2 atom stereocenters. The molecule has 1 saturated heterocycles. The van der Waals surface area contributed by atoms with E-state index in [1.54, 1.807) is 0 Å². The van der Waals surface area contributed by atoms with E-state index < -0.39 is 5.54 Å². The van der Waals surface area contributed by atoms with Crippen LogP contribution in [0.3, 0.4) is 0 Å². The molecule has 112 valence electrons. The molecule has 1 aliphatic carbocycles. The van der Waals surface area contributed by atoms with Crippen molar-refractivity contribution in [2.75, 3.05) is 32.7 Å². The summed E-state index contributed by atoms with van der Waals surface area (Å²) < 4.78 is 0. The lowest BCUT2D eigenvalue weighted by atomic mass is 9.76. The van der Waals surface area contributed by atoms with E-state index in [1.165, 1.54) is 6.42 Å². The number of nitriles is 1. The standard InChI is InChI=1S/C15H26N4O/c1-13-4-2-5-15(17,12-13)14(20)19-10-8-18(9-11-19)7-3-6-16/h13H,2-5,7-12,17H2,1H3. The minimum atomic E-state index is -0.632. The Kier molecular flexibility index (Phi) is 5.00. The molecule has 1 amide bonds. The average molecular weight is 278 g/mol. The van der Waals surface area contributed by atoms with Crippen LogP contribution in [0.25, 0.3) is 0 Å². The highest BCUT2D eigenvalue weighted by Gasteiger charge is 2.41. The van der Waals surface area contributed by atoms with Crippen LogP contribution in [0.5, 0.6) is 0 Å². The monoisotopic (exact) mass is 278 g/mol. The number of carbonyl (C=O) groups is 1. The third-order valence-electron chi connectivity index (χ3n) is 4.66. The van der Waals surface area contributed by atoms with Gasteiger partial charge in [0.25, 0.3) is 0 Å². The molecule has 2 N–H and O–H groups in total. The SMILES string of the molecule is CC1CCCC(N)(C(=O)N2CCN(CCC#N)CC2)C1. The minimum absolute atomic E-state index is 0.143. The van der Waals surface area contributed by atoms with Crippen molar-refractivity contribution in [3.63, 3.8) is 0 Å². The summed E-state index contributed by atoms with van der Waals surface area (Å²) in [5, 5.41) is 8.61. The van der Waals surface area contributed by atoms with Gasteiger partial charge in [-0.15, -0.1) is 0 Å². The summed E-state index contributed by atoms with van der Waals surface area (Å²) in [6.07, 6.45) is 4.46. The lowest BCUT2D eigenvalue weighted by molar-refractivity contribution is -0.140. The van der Waals surface area contributed by atoms with E-state index in [0.717, 1.165) is 52.0 Å². The van der Waals surface area contributed by atoms with Crippen molar-refractivity contribution in [1.82, 2.24) is 9.80 Å². The van der Waals surface area contributed by atoms with Crippen molar-refractivity contribution in [2.24, 2.45) is 11.7 Å². The smallest absolute Gasteiger partial charge is 0.242 e. The van der Waals surface area contributed by atoms with Gasteiger partial charge in [-0.1, -0.05) is 19.8 Å². The highest BCUT2D eigenvalue weighted by molar-refractivity contribution is 5.86. The molecular weight excluding hydrogens is 252 g/mol. The first-order valence-corrected chi connectivity index (χ1v) is 7.73. The summed E-state index contributed by atoms with van der Waals surface area (Å²) >= 11 is 0. The van der Waals surface area contributed by atoms with Gasteiger partial charge in [0, 0.05) is 39.1 Å². The molecule has 20 heavy (non-hydrogen) atoms. The van der Waals surface area contributed by atoms with Crippen LogP contribution in [0.2, 0.25) is 0 Å². The van der Waals surface area contributed by atoms with E-state index in [1.807, 2.05) is 4.90 Å². The van der Waals surface area contributed by atoms with E-state index in [-0.39, 0.29) is 5.91 Å².